The summed E-state index contributed by atoms with van der Waals surface area (Å²) in [5.74, 6) is 8.79. The molecule has 0 aliphatic carbocycles. The lowest BCUT2D eigenvalue weighted by Crippen LogP contribution is -2.08. The van der Waals surface area contributed by atoms with Gasteiger partial charge in [0, 0.05) is 28.3 Å². The molecule has 1 aromatic heterocycles. The van der Waals surface area contributed by atoms with Gasteiger partial charge in [0.15, 0.2) is 5.76 Å². The molecule has 6 nitrogen and oxygen atoms in total. The van der Waals surface area contributed by atoms with Gasteiger partial charge in [-0.2, -0.15) is 0 Å². The van der Waals surface area contributed by atoms with E-state index in [-0.39, 0.29) is 0 Å². The zero-order valence-corrected chi connectivity index (χ0v) is 33.5. The molecule has 6 heteroatoms. The number of hydrogen-bond donors (Lipinski definition) is 0. The van der Waals surface area contributed by atoms with Crippen molar-refractivity contribution in [1.29, 1.82) is 0 Å². The number of hydrogen-bond acceptors (Lipinski definition) is 6. The highest BCUT2D eigenvalue weighted by Gasteiger charge is 2.11. The van der Waals surface area contributed by atoms with Crippen LogP contribution in [0.4, 0.5) is 0 Å². The summed E-state index contributed by atoms with van der Waals surface area (Å²) in [6, 6.07) is 32.2. The van der Waals surface area contributed by atoms with E-state index in [1.807, 2.05) is 78.9 Å². The molecular weight excluding hydrogens is 695 g/mol. The highest BCUT2D eigenvalue weighted by atomic mass is 16.5. The van der Waals surface area contributed by atoms with Gasteiger partial charge in [-0.15, -0.1) is 0 Å². The maximum atomic E-state index is 12.8. The monoisotopic (exact) mass is 753 g/mol. The standard InChI is InChI=1S/C50H59NO5/c1-3-5-7-9-11-13-15-17-37-53-45-31-29-42(30-32-45)48-39-49(56-51-48)43-25-21-40(22-26-43)19-20-41-23-27-44(28-24-41)50(52)55-47-35-33-46(34-36-47)54-38-18-16-14-12-10-8-6-4-2/h21-36,39H,3-18,37-38H2,1-2H3. The lowest BCUT2D eigenvalue weighted by molar-refractivity contribution is 0.0734. The molecule has 0 saturated heterocycles. The second kappa shape index (κ2) is 24.3. The number of ether oxygens (including phenoxy) is 3. The number of esters is 1. The van der Waals surface area contributed by atoms with Crippen molar-refractivity contribution in [2.24, 2.45) is 0 Å². The Morgan fingerprint density at radius 3 is 1.46 bits per heavy atom. The maximum Gasteiger partial charge on any atom is 0.343 e. The summed E-state index contributed by atoms with van der Waals surface area (Å²) in [5.41, 5.74) is 4.80. The molecule has 5 rings (SSSR count). The fraction of sp³-hybridized carbons (Fsp3) is 0.400. The van der Waals surface area contributed by atoms with Gasteiger partial charge in [-0.05, 0) is 110 Å². The van der Waals surface area contributed by atoms with Crippen LogP contribution in [0, 0.1) is 11.8 Å². The minimum absolute atomic E-state index is 0.418. The van der Waals surface area contributed by atoms with Crippen molar-refractivity contribution in [3.8, 4) is 51.7 Å². The number of carbonyl (C=O) groups excluding carboxylic acids is 1. The van der Waals surface area contributed by atoms with Crippen LogP contribution in [0.25, 0.3) is 22.6 Å². The zero-order chi connectivity index (χ0) is 39.0. The number of rotatable bonds is 24. The molecule has 5 aromatic rings. The minimum Gasteiger partial charge on any atom is -0.494 e. The van der Waals surface area contributed by atoms with E-state index in [0.29, 0.717) is 23.7 Å². The molecule has 56 heavy (non-hydrogen) atoms. The predicted octanol–water partition coefficient (Wildman–Crippen LogP) is 13.7. The normalized spacial score (nSPS) is 10.8. The molecule has 0 N–H and O–H groups in total. The van der Waals surface area contributed by atoms with Gasteiger partial charge in [-0.25, -0.2) is 4.79 Å². The second-order valence-electron chi connectivity index (χ2n) is 14.5. The summed E-state index contributed by atoms with van der Waals surface area (Å²) >= 11 is 0. The summed E-state index contributed by atoms with van der Waals surface area (Å²) < 4.78 is 23.1. The Bertz CT molecular complexity index is 1900. The predicted molar refractivity (Wildman–Crippen MR) is 227 cm³/mol. The summed E-state index contributed by atoms with van der Waals surface area (Å²) in [6.07, 6.45) is 20.4. The molecule has 0 amide bonds. The van der Waals surface area contributed by atoms with Crippen LogP contribution in [0.15, 0.2) is 108 Å². The smallest absolute Gasteiger partial charge is 0.343 e. The quantitative estimate of drug-likeness (QED) is 0.0270. The lowest BCUT2D eigenvalue weighted by atomic mass is 10.1. The van der Waals surface area contributed by atoms with Crippen molar-refractivity contribution in [3.05, 3.63) is 120 Å². The topological polar surface area (TPSA) is 70.8 Å². The van der Waals surface area contributed by atoms with Crippen molar-refractivity contribution in [2.45, 2.75) is 117 Å². The van der Waals surface area contributed by atoms with E-state index in [1.165, 1.54) is 89.9 Å². The summed E-state index contributed by atoms with van der Waals surface area (Å²) in [4.78, 5) is 12.8. The van der Waals surface area contributed by atoms with Crippen LogP contribution < -0.4 is 14.2 Å². The molecule has 0 unspecified atom stereocenters. The van der Waals surface area contributed by atoms with Gasteiger partial charge in [-0.3, -0.25) is 0 Å². The molecule has 1 heterocycles. The average molecular weight is 754 g/mol. The summed E-state index contributed by atoms with van der Waals surface area (Å²) in [5, 5.41) is 4.30. The van der Waals surface area contributed by atoms with E-state index >= 15 is 0 Å². The van der Waals surface area contributed by atoms with Crippen molar-refractivity contribution in [1.82, 2.24) is 5.16 Å². The molecular formula is C50H59NO5. The SMILES string of the molecule is CCCCCCCCCCOc1ccc(OC(=O)c2ccc(C#Cc3ccc(-c4cc(-c5ccc(OCCCCCCCCCC)cc5)no4)cc3)cc2)cc1. The van der Waals surface area contributed by atoms with Gasteiger partial charge in [0.25, 0.3) is 0 Å². The Morgan fingerprint density at radius 2 is 0.946 bits per heavy atom. The third kappa shape index (κ3) is 14.8. The molecule has 294 valence electrons. The first kappa shape index (κ1) is 41.9. The number of unbranched alkanes of at least 4 members (excludes halogenated alkanes) is 14. The Morgan fingerprint density at radius 1 is 0.518 bits per heavy atom. The van der Waals surface area contributed by atoms with Gasteiger partial charge in [-0.1, -0.05) is 121 Å². The van der Waals surface area contributed by atoms with Crippen LogP contribution in [-0.2, 0) is 0 Å². The lowest BCUT2D eigenvalue weighted by Gasteiger charge is -2.08. The van der Waals surface area contributed by atoms with E-state index in [9.17, 15) is 4.79 Å². The van der Waals surface area contributed by atoms with E-state index in [4.69, 9.17) is 18.7 Å². The van der Waals surface area contributed by atoms with Crippen LogP contribution in [0.2, 0.25) is 0 Å². The third-order valence-electron chi connectivity index (χ3n) is 9.87. The Labute approximate surface area is 335 Å². The molecule has 4 aromatic carbocycles. The van der Waals surface area contributed by atoms with E-state index < -0.39 is 5.97 Å². The second-order valence-corrected chi connectivity index (χ2v) is 14.5. The molecule has 0 aliphatic rings. The Hall–Kier alpha value is -5.28. The number of aromatic nitrogens is 1. The van der Waals surface area contributed by atoms with Crippen LogP contribution in [0.1, 0.15) is 138 Å². The van der Waals surface area contributed by atoms with Crippen molar-refractivity contribution >= 4 is 5.97 Å². The van der Waals surface area contributed by atoms with Gasteiger partial charge in [0.05, 0.1) is 18.8 Å². The Kier molecular flexibility index (Phi) is 18.2. The number of nitrogens with zero attached hydrogens (tertiary/aromatic N) is 1. The van der Waals surface area contributed by atoms with Gasteiger partial charge >= 0.3 is 5.97 Å². The molecule has 0 spiro atoms. The number of benzene rings is 4. The molecule has 0 atom stereocenters. The minimum atomic E-state index is -0.418. The highest BCUT2D eigenvalue weighted by Crippen LogP contribution is 2.28. The van der Waals surface area contributed by atoms with Crippen LogP contribution >= 0.6 is 0 Å². The first-order chi connectivity index (χ1) is 27.6. The van der Waals surface area contributed by atoms with Gasteiger partial charge < -0.3 is 18.7 Å². The zero-order valence-electron chi connectivity index (χ0n) is 33.5. The molecule has 0 bridgehead atoms. The van der Waals surface area contributed by atoms with Crippen LogP contribution in [-0.4, -0.2) is 24.3 Å². The van der Waals surface area contributed by atoms with Crippen molar-refractivity contribution in [3.63, 3.8) is 0 Å². The largest absolute Gasteiger partial charge is 0.494 e. The third-order valence-corrected chi connectivity index (χ3v) is 9.87. The first-order valence-corrected chi connectivity index (χ1v) is 21.0. The summed E-state index contributed by atoms with van der Waals surface area (Å²) in [7, 11) is 0. The first-order valence-electron chi connectivity index (χ1n) is 21.0. The number of carbonyl (C=O) groups is 1. The highest BCUT2D eigenvalue weighted by molar-refractivity contribution is 5.91. The molecule has 0 radical (unpaired) electrons. The Balaban J connectivity index is 1.02. The van der Waals surface area contributed by atoms with E-state index in [2.05, 4.69) is 30.8 Å². The average Bonchev–Trinajstić information content (AvgIpc) is 3.73. The maximum absolute atomic E-state index is 12.8. The van der Waals surface area contributed by atoms with Crippen molar-refractivity contribution in [2.75, 3.05) is 13.2 Å². The van der Waals surface area contributed by atoms with Gasteiger partial charge in [0.1, 0.15) is 22.9 Å². The molecule has 0 aliphatic heterocycles. The van der Waals surface area contributed by atoms with E-state index in [1.54, 1.807) is 24.3 Å². The molecule has 0 fully saturated rings. The van der Waals surface area contributed by atoms with Crippen LogP contribution in [0.3, 0.4) is 0 Å². The molecule has 0 saturated carbocycles. The van der Waals surface area contributed by atoms with E-state index in [0.717, 1.165) is 58.9 Å². The van der Waals surface area contributed by atoms with Gasteiger partial charge in [0.2, 0.25) is 0 Å². The summed E-state index contributed by atoms with van der Waals surface area (Å²) in [6.45, 7) is 5.95. The van der Waals surface area contributed by atoms with Crippen LogP contribution in [0.5, 0.6) is 17.2 Å². The fourth-order valence-electron chi connectivity index (χ4n) is 6.44. The fourth-order valence-corrected chi connectivity index (χ4v) is 6.44. The van der Waals surface area contributed by atoms with Crippen molar-refractivity contribution < 1.29 is 23.5 Å².